The Bertz CT molecular complexity index is 1370. The van der Waals surface area contributed by atoms with Gasteiger partial charge in [-0.1, -0.05) is 31.0 Å². The van der Waals surface area contributed by atoms with Crippen molar-refractivity contribution in [2.75, 3.05) is 19.8 Å². The van der Waals surface area contributed by atoms with E-state index in [1.165, 1.54) is 11.2 Å². The molecular formula is C29H38FN5O5. The molecule has 2 aliphatic rings. The number of nitrogens with zero attached hydrogens (tertiary/aromatic N) is 3. The summed E-state index contributed by atoms with van der Waals surface area (Å²) in [5.74, 6) is 0.418. The number of morpholine rings is 1. The fraction of sp³-hybridized carbons (Fsp3) is 0.586. The maximum absolute atomic E-state index is 16.1. The summed E-state index contributed by atoms with van der Waals surface area (Å²) >= 11 is 0. The molecule has 2 atom stereocenters. The SMILES string of the molecule is Cc1nocc1C(=O)N[C@H](c1nc2c(F)c(C3COCCN3C(=O)OC(C)(C)C)ccc2[nH]1)C1CCC(C)CC1. The van der Waals surface area contributed by atoms with Gasteiger partial charge in [0.2, 0.25) is 0 Å². The largest absolute Gasteiger partial charge is 0.444 e. The van der Waals surface area contributed by atoms with Crippen molar-refractivity contribution in [2.45, 2.75) is 78.0 Å². The molecule has 0 spiro atoms. The van der Waals surface area contributed by atoms with Gasteiger partial charge in [-0.05, 0) is 58.4 Å². The molecule has 216 valence electrons. The zero-order valence-electron chi connectivity index (χ0n) is 23.8. The minimum atomic E-state index is -0.680. The van der Waals surface area contributed by atoms with Crippen LogP contribution in [0.15, 0.2) is 22.9 Å². The van der Waals surface area contributed by atoms with Gasteiger partial charge in [0.1, 0.15) is 28.8 Å². The molecule has 1 aliphatic heterocycles. The number of hydrogen-bond donors (Lipinski definition) is 2. The van der Waals surface area contributed by atoms with Crippen LogP contribution in [0.25, 0.3) is 11.0 Å². The first-order chi connectivity index (χ1) is 19.0. The summed E-state index contributed by atoms with van der Waals surface area (Å²) in [6.07, 6.45) is 4.75. The zero-order chi connectivity index (χ0) is 28.6. The van der Waals surface area contributed by atoms with Crippen LogP contribution in [0.4, 0.5) is 9.18 Å². The fourth-order valence-electron chi connectivity index (χ4n) is 5.64. The molecular weight excluding hydrogens is 517 g/mol. The lowest BCUT2D eigenvalue weighted by atomic mass is 9.79. The average Bonchev–Trinajstić information content (AvgIpc) is 3.54. The maximum atomic E-state index is 16.1. The second kappa shape index (κ2) is 11.2. The van der Waals surface area contributed by atoms with Crippen LogP contribution in [0.3, 0.4) is 0 Å². The van der Waals surface area contributed by atoms with Crippen molar-refractivity contribution >= 4 is 23.0 Å². The molecule has 1 saturated carbocycles. The molecule has 10 nitrogen and oxygen atoms in total. The van der Waals surface area contributed by atoms with Crippen LogP contribution in [0.1, 0.15) is 92.9 Å². The van der Waals surface area contributed by atoms with Gasteiger partial charge in [0.15, 0.2) is 5.82 Å². The molecule has 5 rings (SSSR count). The smallest absolute Gasteiger partial charge is 0.410 e. The van der Waals surface area contributed by atoms with Gasteiger partial charge in [-0.25, -0.2) is 14.2 Å². The van der Waals surface area contributed by atoms with Gasteiger partial charge in [0.05, 0.1) is 36.5 Å². The molecule has 0 bridgehead atoms. The molecule has 2 N–H and O–H groups in total. The number of carbonyl (C=O) groups is 2. The minimum Gasteiger partial charge on any atom is -0.444 e. The monoisotopic (exact) mass is 555 g/mol. The molecule has 1 aromatic carbocycles. The van der Waals surface area contributed by atoms with Crippen molar-refractivity contribution in [1.82, 2.24) is 25.3 Å². The molecule has 1 aliphatic carbocycles. The zero-order valence-corrected chi connectivity index (χ0v) is 23.8. The number of fused-ring (bicyclic) bond motifs is 1. The molecule has 0 radical (unpaired) electrons. The summed E-state index contributed by atoms with van der Waals surface area (Å²) in [5, 5.41) is 6.94. The van der Waals surface area contributed by atoms with Crippen LogP contribution in [0.2, 0.25) is 0 Å². The summed E-state index contributed by atoms with van der Waals surface area (Å²) in [5.41, 5.74) is 1.16. The van der Waals surface area contributed by atoms with Gasteiger partial charge in [0.25, 0.3) is 5.91 Å². The third-order valence-electron chi connectivity index (χ3n) is 7.86. The predicted molar refractivity (Wildman–Crippen MR) is 145 cm³/mol. The number of aromatic nitrogens is 3. The summed E-state index contributed by atoms with van der Waals surface area (Å²) in [6, 6.07) is 2.33. The Morgan fingerprint density at radius 3 is 2.65 bits per heavy atom. The Morgan fingerprint density at radius 1 is 1.23 bits per heavy atom. The summed E-state index contributed by atoms with van der Waals surface area (Å²) < 4.78 is 32.3. The van der Waals surface area contributed by atoms with E-state index < -0.39 is 29.6 Å². The number of rotatable bonds is 5. The number of H-pyrrole nitrogens is 1. The Kier molecular flexibility index (Phi) is 7.85. The number of imidazole rings is 1. The van der Waals surface area contributed by atoms with E-state index in [2.05, 4.69) is 27.4 Å². The Labute approximate surface area is 233 Å². The first kappa shape index (κ1) is 28.1. The van der Waals surface area contributed by atoms with Gasteiger partial charge >= 0.3 is 6.09 Å². The van der Waals surface area contributed by atoms with Crippen LogP contribution in [-0.4, -0.2) is 57.4 Å². The van der Waals surface area contributed by atoms with Crippen LogP contribution < -0.4 is 5.32 Å². The van der Waals surface area contributed by atoms with Crippen LogP contribution in [-0.2, 0) is 9.47 Å². The number of ether oxygens (including phenoxy) is 2. The standard InChI is InChI=1S/C29H38FN5O5/c1-16-6-8-18(9-7-16)24(33-27(36)20-14-39-34-17(20)2)26-31-21-11-10-19(23(30)25(21)32-26)22-15-38-13-12-35(22)28(37)40-29(3,4)5/h10-11,14,16,18,22,24H,6-9,12-13,15H2,1-5H3,(H,31,32)(H,33,36)/t16?,18?,22?,24-/m0/s1. The number of benzene rings is 1. The minimum absolute atomic E-state index is 0.137. The average molecular weight is 556 g/mol. The van der Waals surface area contributed by atoms with Gasteiger partial charge < -0.3 is 24.3 Å². The molecule has 2 amide bonds. The van der Waals surface area contributed by atoms with Crippen molar-refractivity contribution in [3.63, 3.8) is 0 Å². The predicted octanol–water partition coefficient (Wildman–Crippen LogP) is 5.60. The topological polar surface area (TPSA) is 123 Å². The Morgan fingerprint density at radius 2 is 1.98 bits per heavy atom. The first-order valence-electron chi connectivity index (χ1n) is 14.0. The highest BCUT2D eigenvalue weighted by molar-refractivity contribution is 5.95. The van der Waals surface area contributed by atoms with Gasteiger partial charge in [-0.3, -0.25) is 9.69 Å². The van der Waals surface area contributed by atoms with E-state index in [0.717, 1.165) is 25.7 Å². The number of aryl methyl sites for hydroxylation is 1. The number of carbonyl (C=O) groups excluding carboxylic acids is 2. The number of hydrogen-bond acceptors (Lipinski definition) is 7. The van der Waals surface area contributed by atoms with Gasteiger partial charge in [-0.15, -0.1) is 0 Å². The third kappa shape index (κ3) is 5.84. The number of halogens is 1. The second-order valence-electron chi connectivity index (χ2n) is 12.0. The Balaban J connectivity index is 1.47. The summed E-state index contributed by atoms with van der Waals surface area (Å²) in [7, 11) is 0. The Hall–Kier alpha value is -3.47. The molecule has 1 saturated heterocycles. The lowest BCUT2D eigenvalue weighted by molar-refractivity contribution is -0.0337. The van der Waals surface area contributed by atoms with E-state index in [9.17, 15) is 9.59 Å². The molecule has 1 unspecified atom stereocenters. The van der Waals surface area contributed by atoms with Crippen molar-refractivity contribution in [1.29, 1.82) is 0 Å². The number of aromatic amines is 1. The highest BCUT2D eigenvalue weighted by Gasteiger charge is 2.36. The van der Waals surface area contributed by atoms with Crippen molar-refractivity contribution in [2.24, 2.45) is 11.8 Å². The first-order valence-corrected chi connectivity index (χ1v) is 14.0. The van der Waals surface area contributed by atoms with Crippen molar-refractivity contribution in [3.05, 3.63) is 46.9 Å². The van der Waals surface area contributed by atoms with Crippen LogP contribution in [0.5, 0.6) is 0 Å². The van der Waals surface area contributed by atoms with Crippen molar-refractivity contribution in [3.8, 4) is 0 Å². The van der Waals surface area contributed by atoms with Crippen LogP contribution >= 0.6 is 0 Å². The van der Waals surface area contributed by atoms with E-state index in [-0.39, 0.29) is 23.9 Å². The number of amides is 2. The highest BCUT2D eigenvalue weighted by Crippen LogP contribution is 2.38. The fourth-order valence-corrected chi connectivity index (χ4v) is 5.64. The molecule has 3 heterocycles. The van der Waals surface area contributed by atoms with E-state index >= 15 is 4.39 Å². The lowest BCUT2D eigenvalue weighted by Gasteiger charge is -2.36. The van der Waals surface area contributed by atoms with Crippen molar-refractivity contribution < 1.29 is 28.0 Å². The molecule has 11 heteroatoms. The van der Waals surface area contributed by atoms with Gasteiger partial charge in [-0.2, -0.15) is 0 Å². The normalized spacial score (nSPS) is 22.8. The summed E-state index contributed by atoms with van der Waals surface area (Å²) in [6.45, 7) is 10.1. The highest BCUT2D eigenvalue weighted by atomic mass is 19.1. The molecule has 2 aromatic heterocycles. The quantitative estimate of drug-likeness (QED) is 0.420. The molecule has 40 heavy (non-hydrogen) atoms. The maximum Gasteiger partial charge on any atom is 0.410 e. The van der Waals surface area contributed by atoms with Gasteiger partial charge in [0, 0.05) is 12.1 Å². The van der Waals surface area contributed by atoms with E-state index in [1.54, 1.807) is 39.8 Å². The second-order valence-corrected chi connectivity index (χ2v) is 12.0. The number of nitrogens with one attached hydrogen (secondary N) is 2. The third-order valence-corrected chi connectivity index (χ3v) is 7.86. The van der Waals surface area contributed by atoms with E-state index in [0.29, 0.717) is 47.2 Å². The molecule has 2 fully saturated rings. The molecule has 3 aromatic rings. The van der Waals surface area contributed by atoms with E-state index in [4.69, 9.17) is 14.0 Å². The van der Waals surface area contributed by atoms with E-state index in [1.807, 2.05) is 0 Å². The lowest BCUT2D eigenvalue weighted by Crippen LogP contribution is -2.46. The summed E-state index contributed by atoms with van der Waals surface area (Å²) in [4.78, 5) is 35.6. The van der Waals surface area contributed by atoms with Crippen LogP contribution in [0, 0.1) is 24.6 Å².